The highest BCUT2D eigenvalue weighted by Gasteiger charge is 2.07. The minimum atomic E-state index is -0.889. The smallest absolute Gasteiger partial charge is 0.407 e. The fourth-order valence-corrected chi connectivity index (χ4v) is 2.12. The summed E-state index contributed by atoms with van der Waals surface area (Å²) >= 11 is 0. The number of carboxylic acids is 1. The Morgan fingerprint density at radius 2 is 1.68 bits per heavy atom. The summed E-state index contributed by atoms with van der Waals surface area (Å²) < 4.78 is 11.0. The van der Waals surface area contributed by atoms with Crippen molar-refractivity contribution in [3.63, 3.8) is 0 Å². The van der Waals surface area contributed by atoms with Gasteiger partial charge in [0.2, 0.25) is 0 Å². The molecule has 1 amide bonds. The molecule has 0 bridgehead atoms. The first-order valence-electron chi connectivity index (χ1n) is 8.02. The predicted octanol–water partition coefficient (Wildman–Crippen LogP) is 3.36. The van der Waals surface area contributed by atoms with Crippen LogP contribution in [0.2, 0.25) is 0 Å². The lowest BCUT2D eigenvalue weighted by molar-refractivity contribution is -0.137. The maximum atomic E-state index is 11.6. The van der Waals surface area contributed by atoms with Crippen molar-refractivity contribution < 1.29 is 24.2 Å². The molecule has 0 radical (unpaired) electrons. The van der Waals surface area contributed by atoms with Gasteiger partial charge in [-0.3, -0.25) is 4.79 Å². The molecule has 2 aromatic carbocycles. The Bertz CT molecular complexity index is 687. The van der Waals surface area contributed by atoms with Crippen LogP contribution >= 0.6 is 0 Å². The fourth-order valence-electron chi connectivity index (χ4n) is 2.12. The first kappa shape index (κ1) is 18.3. The Morgan fingerprint density at radius 3 is 2.44 bits per heavy atom. The Kier molecular flexibility index (Phi) is 7.31. The summed E-state index contributed by atoms with van der Waals surface area (Å²) in [7, 11) is 0. The molecule has 132 valence electrons. The van der Waals surface area contributed by atoms with Crippen molar-refractivity contribution in [2.75, 3.05) is 6.54 Å². The number of amides is 1. The van der Waals surface area contributed by atoms with E-state index in [0.29, 0.717) is 18.8 Å². The summed E-state index contributed by atoms with van der Waals surface area (Å²) in [6.07, 6.45) is -0.208. The third kappa shape index (κ3) is 6.95. The first-order valence-corrected chi connectivity index (χ1v) is 8.02. The maximum Gasteiger partial charge on any atom is 0.407 e. The van der Waals surface area contributed by atoms with E-state index >= 15 is 0 Å². The van der Waals surface area contributed by atoms with Crippen LogP contribution in [0, 0.1) is 0 Å². The monoisotopic (exact) mass is 343 g/mol. The van der Waals surface area contributed by atoms with E-state index in [4.69, 9.17) is 14.6 Å². The van der Waals surface area contributed by atoms with Crippen LogP contribution in [0.3, 0.4) is 0 Å². The number of para-hydroxylation sites is 1. The quantitative estimate of drug-likeness (QED) is 0.682. The zero-order valence-electron chi connectivity index (χ0n) is 13.8. The molecule has 0 aromatic heterocycles. The maximum absolute atomic E-state index is 11.6. The molecule has 2 N–H and O–H groups in total. The van der Waals surface area contributed by atoms with Gasteiger partial charge in [0.15, 0.2) is 0 Å². The normalized spacial score (nSPS) is 10.1. The number of benzene rings is 2. The van der Waals surface area contributed by atoms with E-state index in [-0.39, 0.29) is 19.6 Å². The molecule has 6 heteroatoms. The van der Waals surface area contributed by atoms with Gasteiger partial charge in [0.05, 0.1) is 0 Å². The number of carbonyl (C=O) groups excluding carboxylic acids is 1. The molecule has 0 fully saturated rings. The number of aliphatic carboxylic acids is 1. The Balaban J connectivity index is 1.79. The molecule has 6 nitrogen and oxygen atoms in total. The molecule has 0 atom stereocenters. The summed E-state index contributed by atoms with van der Waals surface area (Å²) in [6.45, 7) is 0.770. The highest BCUT2D eigenvalue weighted by Crippen LogP contribution is 2.20. The lowest BCUT2D eigenvalue weighted by Crippen LogP contribution is -2.25. The summed E-state index contributed by atoms with van der Waals surface area (Å²) in [5.74, 6) is -0.232. The molecule has 2 rings (SSSR count). The average molecular weight is 343 g/mol. The minimum Gasteiger partial charge on any atom is -0.488 e. The fraction of sp³-hybridized carbons (Fsp3) is 0.263. The third-order valence-electron chi connectivity index (χ3n) is 3.41. The molecule has 0 heterocycles. The zero-order valence-corrected chi connectivity index (χ0v) is 13.8. The van der Waals surface area contributed by atoms with Crippen LogP contribution in [0.25, 0.3) is 0 Å². The number of rotatable bonds is 9. The lowest BCUT2D eigenvalue weighted by Gasteiger charge is -2.12. The van der Waals surface area contributed by atoms with Crippen LogP contribution in [0.4, 0.5) is 4.79 Å². The van der Waals surface area contributed by atoms with E-state index in [2.05, 4.69) is 5.32 Å². The molecular formula is C19H21NO5. The highest BCUT2D eigenvalue weighted by atomic mass is 16.5. The molecule has 25 heavy (non-hydrogen) atoms. The van der Waals surface area contributed by atoms with Crippen molar-refractivity contribution >= 4 is 12.1 Å². The van der Waals surface area contributed by atoms with Gasteiger partial charge < -0.3 is 19.9 Å². The van der Waals surface area contributed by atoms with E-state index < -0.39 is 12.1 Å². The standard InChI is InChI=1S/C19H21NO5/c21-18(22)11-6-12-20-19(23)25-14-16-9-4-5-10-17(16)24-13-15-7-2-1-3-8-15/h1-5,7-10H,6,11-14H2,(H,20,23)(H,21,22). The minimum absolute atomic E-state index is 0.0104. The van der Waals surface area contributed by atoms with Crippen molar-refractivity contribution in [1.82, 2.24) is 5.32 Å². The molecule has 0 saturated heterocycles. The Hall–Kier alpha value is -3.02. The lowest BCUT2D eigenvalue weighted by atomic mass is 10.2. The molecule has 0 spiro atoms. The van der Waals surface area contributed by atoms with Gasteiger partial charge in [0.25, 0.3) is 0 Å². The van der Waals surface area contributed by atoms with E-state index in [1.165, 1.54) is 0 Å². The predicted molar refractivity (Wildman–Crippen MR) is 92.3 cm³/mol. The number of carbonyl (C=O) groups is 2. The number of nitrogens with one attached hydrogen (secondary N) is 1. The molecule has 0 aliphatic carbocycles. The van der Waals surface area contributed by atoms with Gasteiger partial charge in [-0.15, -0.1) is 0 Å². The van der Waals surface area contributed by atoms with Crippen molar-refractivity contribution in [2.45, 2.75) is 26.1 Å². The molecule has 0 saturated carbocycles. The Labute approximate surface area is 146 Å². The summed E-state index contributed by atoms with van der Waals surface area (Å²) in [5, 5.41) is 11.1. The van der Waals surface area contributed by atoms with Crippen LogP contribution < -0.4 is 10.1 Å². The van der Waals surface area contributed by atoms with Gasteiger partial charge in [-0.25, -0.2) is 4.79 Å². The van der Waals surface area contributed by atoms with Gasteiger partial charge in [-0.05, 0) is 18.1 Å². The summed E-state index contributed by atoms with van der Waals surface area (Å²) in [6, 6.07) is 17.2. The van der Waals surface area contributed by atoms with Gasteiger partial charge in [0.1, 0.15) is 19.0 Å². The largest absolute Gasteiger partial charge is 0.488 e. The summed E-state index contributed by atoms with van der Waals surface area (Å²) in [5.41, 5.74) is 1.81. The van der Waals surface area contributed by atoms with Crippen LogP contribution in [0.1, 0.15) is 24.0 Å². The van der Waals surface area contributed by atoms with Crippen LogP contribution in [0.5, 0.6) is 5.75 Å². The first-order chi connectivity index (χ1) is 12.1. The summed E-state index contributed by atoms with van der Waals surface area (Å²) in [4.78, 5) is 22.0. The van der Waals surface area contributed by atoms with E-state index in [1.54, 1.807) is 0 Å². The van der Waals surface area contributed by atoms with Gasteiger partial charge in [-0.2, -0.15) is 0 Å². The number of alkyl carbamates (subject to hydrolysis) is 1. The van der Waals surface area contributed by atoms with Gasteiger partial charge >= 0.3 is 12.1 Å². The second-order valence-corrected chi connectivity index (χ2v) is 5.38. The molecule has 0 unspecified atom stereocenters. The van der Waals surface area contributed by atoms with Gasteiger partial charge in [-0.1, -0.05) is 48.5 Å². The van der Waals surface area contributed by atoms with Crippen LogP contribution in [0.15, 0.2) is 54.6 Å². The number of hydrogen-bond donors (Lipinski definition) is 2. The second kappa shape index (κ2) is 9.97. The van der Waals surface area contributed by atoms with Crippen LogP contribution in [-0.4, -0.2) is 23.7 Å². The van der Waals surface area contributed by atoms with E-state index in [9.17, 15) is 9.59 Å². The topological polar surface area (TPSA) is 84.9 Å². The number of ether oxygens (including phenoxy) is 2. The van der Waals surface area contributed by atoms with E-state index in [1.807, 2.05) is 54.6 Å². The number of hydrogen-bond acceptors (Lipinski definition) is 4. The van der Waals surface area contributed by atoms with Crippen molar-refractivity contribution in [3.8, 4) is 5.75 Å². The van der Waals surface area contributed by atoms with Crippen molar-refractivity contribution in [3.05, 3.63) is 65.7 Å². The highest BCUT2D eigenvalue weighted by molar-refractivity contribution is 5.68. The molecule has 0 aliphatic rings. The zero-order chi connectivity index (χ0) is 17.9. The second-order valence-electron chi connectivity index (χ2n) is 5.38. The molecular weight excluding hydrogens is 322 g/mol. The number of carboxylic acid groups (broad SMARTS) is 1. The molecule has 0 aliphatic heterocycles. The SMILES string of the molecule is O=C(O)CCCNC(=O)OCc1ccccc1OCc1ccccc1. The van der Waals surface area contributed by atoms with Crippen molar-refractivity contribution in [2.24, 2.45) is 0 Å². The Morgan fingerprint density at radius 1 is 0.960 bits per heavy atom. The third-order valence-corrected chi connectivity index (χ3v) is 3.41. The average Bonchev–Trinajstić information content (AvgIpc) is 2.63. The van der Waals surface area contributed by atoms with Crippen molar-refractivity contribution in [1.29, 1.82) is 0 Å². The molecule has 2 aromatic rings. The van der Waals surface area contributed by atoms with E-state index in [0.717, 1.165) is 11.1 Å². The van der Waals surface area contributed by atoms with Crippen LogP contribution in [-0.2, 0) is 22.7 Å². The van der Waals surface area contributed by atoms with Gasteiger partial charge in [0, 0.05) is 18.5 Å².